The minimum atomic E-state index is 0. The lowest BCUT2D eigenvalue weighted by Gasteiger charge is -2.55. The van der Waals surface area contributed by atoms with Gasteiger partial charge in [-0.2, -0.15) is 0 Å². The van der Waals surface area contributed by atoms with Gasteiger partial charge in [-0.3, -0.25) is 19.6 Å². The number of halogens is 2. The Labute approximate surface area is 249 Å². The van der Waals surface area contributed by atoms with E-state index in [1.54, 1.807) is 11.1 Å². The molecule has 0 aromatic heterocycles. The molecule has 38 heavy (non-hydrogen) atoms. The minimum Gasteiger partial charge on any atom is -1.00 e. The van der Waals surface area contributed by atoms with Gasteiger partial charge in [-0.25, -0.2) is 9.80 Å². The summed E-state index contributed by atoms with van der Waals surface area (Å²) in [7, 11) is 0. The van der Waals surface area contributed by atoms with Crippen molar-refractivity contribution < 1.29 is 42.9 Å². The van der Waals surface area contributed by atoms with Gasteiger partial charge in [0.2, 0.25) is 0 Å². The highest BCUT2D eigenvalue weighted by atomic mass is 79.9. The quantitative estimate of drug-likeness (QED) is 0.300. The normalized spacial score (nSPS) is 42.5. The molecule has 10 heteroatoms. The molecule has 0 aliphatic carbocycles. The summed E-state index contributed by atoms with van der Waals surface area (Å²) in [5, 5.41) is 0. The second-order valence-corrected chi connectivity index (χ2v) is 13.3. The van der Waals surface area contributed by atoms with Gasteiger partial charge >= 0.3 is 0 Å². The average Bonchev–Trinajstić information content (AvgIpc) is 3.67. The zero-order valence-corrected chi connectivity index (χ0v) is 25.9. The minimum absolute atomic E-state index is 0. The van der Waals surface area contributed by atoms with Gasteiger partial charge in [-0.05, 0) is 0 Å². The van der Waals surface area contributed by atoms with Crippen molar-refractivity contribution >= 4 is 0 Å². The standard InChI is InChI=1S/C28H44N8.2BrH/c1-2-4-24(22-36-18-14-32-8-6-30-10-12-34(16-20-36)28(36)26(30)32)23(3-1)21-35-17-13-31-7-5-29-9-11-33(15-19-35)27(35)25(29)31;;/h1-4,25-28H,5-22H2;2*1H/q+2;;/p-2. The summed E-state index contributed by atoms with van der Waals surface area (Å²) in [6.07, 6.45) is 2.71. The second-order valence-electron chi connectivity index (χ2n) is 13.3. The van der Waals surface area contributed by atoms with Crippen LogP contribution >= 0.6 is 0 Å². The van der Waals surface area contributed by atoms with Crippen LogP contribution in [-0.4, -0.2) is 168 Å². The third-order valence-electron chi connectivity index (χ3n) is 12.0. The van der Waals surface area contributed by atoms with Crippen molar-refractivity contribution in [3.63, 3.8) is 0 Å². The molecule has 0 radical (unpaired) electrons. The highest BCUT2D eigenvalue weighted by Crippen LogP contribution is 2.43. The molecule has 0 amide bonds. The topological polar surface area (TPSA) is 19.4 Å². The largest absolute Gasteiger partial charge is 1.00 e. The third-order valence-corrected chi connectivity index (χ3v) is 12.0. The van der Waals surface area contributed by atoms with Gasteiger partial charge in [0, 0.05) is 76.6 Å². The number of hydrogen-bond donors (Lipinski definition) is 0. The molecule has 8 heterocycles. The van der Waals surface area contributed by atoms with Gasteiger partial charge in [0.05, 0.1) is 39.3 Å². The van der Waals surface area contributed by atoms with E-state index in [1.807, 2.05) is 0 Å². The van der Waals surface area contributed by atoms with Gasteiger partial charge < -0.3 is 42.9 Å². The van der Waals surface area contributed by atoms with E-state index in [1.165, 1.54) is 127 Å². The van der Waals surface area contributed by atoms with Crippen LogP contribution in [0.1, 0.15) is 11.1 Å². The first kappa shape index (κ1) is 26.7. The number of quaternary nitrogens is 2. The number of benzene rings is 1. The number of rotatable bonds is 4. The van der Waals surface area contributed by atoms with E-state index in [4.69, 9.17) is 0 Å². The van der Waals surface area contributed by atoms with Crippen LogP contribution in [0.2, 0.25) is 0 Å². The molecule has 210 valence electrons. The maximum absolute atomic E-state index is 2.87. The summed E-state index contributed by atoms with van der Waals surface area (Å²) >= 11 is 0. The smallest absolute Gasteiger partial charge is 0.175 e. The molecule has 8 aliphatic rings. The third kappa shape index (κ3) is 3.68. The Kier molecular flexibility index (Phi) is 6.83. The van der Waals surface area contributed by atoms with Gasteiger partial charge in [-0.1, -0.05) is 24.3 Å². The maximum atomic E-state index is 2.87. The molecule has 6 unspecified atom stereocenters. The fourth-order valence-electron chi connectivity index (χ4n) is 10.2. The molecule has 8 saturated heterocycles. The van der Waals surface area contributed by atoms with Crippen molar-refractivity contribution in [3.8, 4) is 0 Å². The van der Waals surface area contributed by atoms with Crippen LogP contribution in [0.15, 0.2) is 24.3 Å². The van der Waals surface area contributed by atoms with E-state index < -0.39 is 0 Å². The number of piperazine rings is 4. The SMILES string of the molecule is [Br-].[Br-].c1ccc(C[N+]23CCN4CCN5CCN(CC2)C3C54)c(C[N+]23CCN4CCN5CCN(CC2)C3C54)c1. The van der Waals surface area contributed by atoms with Crippen molar-refractivity contribution in [3.05, 3.63) is 35.4 Å². The summed E-state index contributed by atoms with van der Waals surface area (Å²) < 4.78 is 2.63. The first-order valence-corrected chi connectivity index (χ1v) is 15.0. The highest BCUT2D eigenvalue weighted by molar-refractivity contribution is 5.26. The first-order valence-electron chi connectivity index (χ1n) is 15.0. The van der Waals surface area contributed by atoms with Gasteiger partial charge in [0.25, 0.3) is 0 Å². The predicted molar refractivity (Wildman–Crippen MR) is 138 cm³/mol. The van der Waals surface area contributed by atoms with Crippen LogP contribution in [0.4, 0.5) is 0 Å². The first-order chi connectivity index (χ1) is 17.7. The van der Waals surface area contributed by atoms with Gasteiger partial charge in [-0.15, -0.1) is 0 Å². The van der Waals surface area contributed by atoms with Crippen LogP contribution < -0.4 is 34.0 Å². The zero-order valence-electron chi connectivity index (χ0n) is 22.7. The van der Waals surface area contributed by atoms with Crippen LogP contribution in [-0.2, 0) is 13.1 Å². The van der Waals surface area contributed by atoms with E-state index >= 15 is 0 Å². The average molecular weight is 653 g/mol. The predicted octanol–water partition coefficient (Wildman–Crippen LogP) is -6.45. The Morgan fingerprint density at radius 3 is 1.18 bits per heavy atom. The molecular formula is C28H44Br2N8. The molecule has 8 fully saturated rings. The van der Waals surface area contributed by atoms with E-state index in [0.29, 0.717) is 24.7 Å². The van der Waals surface area contributed by atoms with Crippen molar-refractivity contribution in [1.29, 1.82) is 0 Å². The molecule has 0 bridgehead atoms. The molecule has 1 aromatic rings. The van der Waals surface area contributed by atoms with Crippen LogP contribution in [0.5, 0.6) is 0 Å². The molecule has 1 aromatic carbocycles. The van der Waals surface area contributed by atoms with Crippen LogP contribution in [0.25, 0.3) is 0 Å². The van der Waals surface area contributed by atoms with E-state index in [2.05, 4.69) is 53.7 Å². The van der Waals surface area contributed by atoms with Crippen LogP contribution in [0, 0.1) is 0 Å². The Morgan fingerprint density at radius 2 is 0.789 bits per heavy atom. The Bertz CT molecular complexity index is 968. The molecule has 8 aliphatic heterocycles. The highest BCUT2D eigenvalue weighted by Gasteiger charge is 2.62. The Balaban J connectivity index is 0.00000121. The molecule has 9 rings (SSSR count). The van der Waals surface area contributed by atoms with Crippen molar-refractivity contribution in [2.75, 3.05) is 105 Å². The molecule has 8 nitrogen and oxygen atoms in total. The summed E-state index contributed by atoms with van der Waals surface area (Å²) in [6, 6.07) is 9.69. The van der Waals surface area contributed by atoms with E-state index in [0.717, 1.165) is 0 Å². The summed E-state index contributed by atoms with van der Waals surface area (Å²) in [5.74, 6) is 0. The van der Waals surface area contributed by atoms with Crippen molar-refractivity contribution in [2.45, 2.75) is 37.8 Å². The van der Waals surface area contributed by atoms with Crippen molar-refractivity contribution in [2.24, 2.45) is 0 Å². The summed E-state index contributed by atoms with van der Waals surface area (Å²) in [5.41, 5.74) is 3.32. The Morgan fingerprint density at radius 1 is 0.474 bits per heavy atom. The monoisotopic (exact) mass is 650 g/mol. The lowest BCUT2D eigenvalue weighted by molar-refractivity contribution is -0.969. The lowest BCUT2D eigenvalue weighted by atomic mass is 10.00. The second kappa shape index (κ2) is 9.71. The van der Waals surface area contributed by atoms with Gasteiger partial charge in [0.1, 0.15) is 25.4 Å². The van der Waals surface area contributed by atoms with Gasteiger partial charge in [0.15, 0.2) is 12.3 Å². The molecule has 6 atom stereocenters. The number of nitrogens with zero attached hydrogens (tertiary/aromatic N) is 8. The summed E-state index contributed by atoms with van der Waals surface area (Å²) in [6.45, 7) is 23.3. The lowest BCUT2D eigenvalue weighted by Crippen LogP contribution is -3.00. The zero-order chi connectivity index (χ0) is 23.5. The molecule has 0 spiro atoms. The molecular weight excluding hydrogens is 608 g/mol. The molecule has 0 saturated carbocycles. The fraction of sp³-hybridized carbons (Fsp3) is 0.786. The fourth-order valence-corrected chi connectivity index (χ4v) is 10.2. The van der Waals surface area contributed by atoms with E-state index in [9.17, 15) is 0 Å². The summed E-state index contributed by atoms with van der Waals surface area (Å²) in [4.78, 5) is 17.0. The maximum Gasteiger partial charge on any atom is 0.175 e. The Hall–Kier alpha value is -0.140. The number of hydrogen-bond acceptors (Lipinski definition) is 6. The van der Waals surface area contributed by atoms with E-state index in [-0.39, 0.29) is 34.0 Å². The van der Waals surface area contributed by atoms with Crippen LogP contribution in [0.3, 0.4) is 0 Å². The molecule has 0 N–H and O–H groups in total. The van der Waals surface area contributed by atoms with Crippen molar-refractivity contribution in [1.82, 2.24) is 29.4 Å².